The van der Waals surface area contributed by atoms with Crippen molar-refractivity contribution in [1.82, 2.24) is 5.32 Å². The van der Waals surface area contributed by atoms with Crippen LogP contribution in [0.5, 0.6) is 5.75 Å². The van der Waals surface area contributed by atoms with Gasteiger partial charge in [0.2, 0.25) is 0 Å². The SMILES string of the molecule is O=C(COc1ccc2ccccc2c1)N[C@H]1CCCc2ccccc21. The molecule has 0 heterocycles. The van der Waals surface area contributed by atoms with Gasteiger partial charge in [0.1, 0.15) is 5.75 Å². The number of nitrogens with one attached hydrogen (secondary N) is 1. The molecule has 1 aliphatic rings. The quantitative estimate of drug-likeness (QED) is 0.769. The number of amides is 1. The number of hydrogen-bond donors (Lipinski definition) is 1. The number of carbonyl (C=O) groups excluding carboxylic acids is 1. The van der Waals surface area contributed by atoms with Crippen molar-refractivity contribution in [2.75, 3.05) is 6.61 Å². The second kappa shape index (κ2) is 6.98. The Bertz CT molecular complexity index is 903. The molecule has 4 rings (SSSR count). The molecule has 3 aromatic rings. The van der Waals surface area contributed by atoms with Crippen LogP contribution in [0.2, 0.25) is 0 Å². The van der Waals surface area contributed by atoms with Gasteiger partial charge in [-0.15, -0.1) is 0 Å². The topological polar surface area (TPSA) is 38.3 Å². The summed E-state index contributed by atoms with van der Waals surface area (Å²) in [7, 11) is 0. The van der Waals surface area contributed by atoms with Crippen LogP contribution in [0.25, 0.3) is 10.8 Å². The summed E-state index contributed by atoms with van der Waals surface area (Å²) in [5.41, 5.74) is 2.59. The van der Waals surface area contributed by atoms with Crippen molar-refractivity contribution in [3.63, 3.8) is 0 Å². The Morgan fingerprint density at radius 1 is 1.00 bits per heavy atom. The van der Waals surface area contributed by atoms with Gasteiger partial charge in [-0.05, 0) is 53.3 Å². The molecular weight excluding hydrogens is 310 g/mol. The summed E-state index contributed by atoms with van der Waals surface area (Å²) in [4.78, 5) is 12.3. The fourth-order valence-corrected chi connectivity index (χ4v) is 3.55. The van der Waals surface area contributed by atoms with E-state index in [2.05, 4.69) is 29.6 Å². The number of hydrogen-bond acceptors (Lipinski definition) is 2. The zero-order valence-electron chi connectivity index (χ0n) is 14.1. The van der Waals surface area contributed by atoms with E-state index in [9.17, 15) is 4.79 Å². The van der Waals surface area contributed by atoms with Gasteiger partial charge in [-0.2, -0.15) is 0 Å². The van der Waals surface area contributed by atoms with Gasteiger partial charge in [0, 0.05) is 0 Å². The molecule has 0 spiro atoms. The van der Waals surface area contributed by atoms with Crippen LogP contribution in [-0.2, 0) is 11.2 Å². The average molecular weight is 331 g/mol. The first-order valence-electron chi connectivity index (χ1n) is 8.78. The van der Waals surface area contributed by atoms with Crippen molar-refractivity contribution in [1.29, 1.82) is 0 Å². The molecule has 3 heteroatoms. The summed E-state index contributed by atoms with van der Waals surface area (Å²) < 4.78 is 5.69. The van der Waals surface area contributed by atoms with Crippen LogP contribution in [0.15, 0.2) is 66.7 Å². The van der Waals surface area contributed by atoms with Crippen molar-refractivity contribution in [2.45, 2.75) is 25.3 Å². The van der Waals surface area contributed by atoms with E-state index in [1.165, 1.54) is 11.1 Å². The lowest BCUT2D eigenvalue weighted by atomic mass is 9.88. The molecule has 25 heavy (non-hydrogen) atoms. The number of benzene rings is 3. The summed E-state index contributed by atoms with van der Waals surface area (Å²) in [5, 5.41) is 5.40. The largest absolute Gasteiger partial charge is 0.484 e. The molecule has 3 nitrogen and oxygen atoms in total. The normalized spacial score (nSPS) is 16.2. The summed E-state index contributed by atoms with van der Waals surface area (Å²) >= 11 is 0. The van der Waals surface area contributed by atoms with Crippen LogP contribution in [0.1, 0.15) is 30.0 Å². The van der Waals surface area contributed by atoms with Crippen LogP contribution in [0.4, 0.5) is 0 Å². The van der Waals surface area contributed by atoms with Gasteiger partial charge in [0.05, 0.1) is 6.04 Å². The first kappa shape index (κ1) is 15.7. The van der Waals surface area contributed by atoms with E-state index in [1.807, 2.05) is 42.5 Å². The molecule has 3 aromatic carbocycles. The van der Waals surface area contributed by atoms with E-state index in [-0.39, 0.29) is 18.6 Å². The highest BCUT2D eigenvalue weighted by atomic mass is 16.5. The fraction of sp³-hybridized carbons (Fsp3) is 0.227. The van der Waals surface area contributed by atoms with Gasteiger partial charge in [-0.25, -0.2) is 0 Å². The Labute approximate surface area is 147 Å². The predicted octanol–water partition coefficient (Wildman–Crippen LogP) is 4.41. The molecule has 0 fully saturated rings. The fourth-order valence-electron chi connectivity index (χ4n) is 3.55. The second-order valence-corrected chi connectivity index (χ2v) is 6.51. The highest BCUT2D eigenvalue weighted by molar-refractivity contribution is 5.84. The van der Waals surface area contributed by atoms with Crippen LogP contribution in [0, 0.1) is 0 Å². The Hall–Kier alpha value is -2.81. The maximum atomic E-state index is 12.3. The van der Waals surface area contributed by atoms with Gasteiger partial charge in [-0.3, -0.25) is 4.79 Å². The van der Waals surface area contributed by atoms with Gasteiger partial charge < -0.3 is 10.1 Å². The van der Waals surface area contributed by atoms with E-state index in [4.69, 9.17) is 4.74 Å². The first-order valence-corrected chi connectivity index (χ1v) is 8.78. The monoisotopic (exact) mass is 331 g/mol. The second-order valence-electron chi connectivity index (χ2n) is 6.51. The maximum Gasteiger partial charge on any atom is 0.258 e. The molecule has 126 valence electrons. The number of ether oxygens (including phenoxy) is 1. The molecule has 1 amide bonds. The molecular formula is C22H21NO2. The lowest BCUT2D eigenvalue weighted by Gasteiger charge is -2.26. The Morgan fingerprint density at radius 2 is 1.80 bits per heavy atom. The molecule has 1 atom stereocenters. The zero-order chi connectivity index (χ0) is 17.1. The molecule has 0 saturated heterocycles. The van der Waals surface area contributed by atoms with Crippen molar-refractivity contribution in [2.24, 2.45) is 0 Å². The lowest BCUT2D eigenvalue weighted by molar-refractivity contribution is -0.123. The Kier molecular flexibility index (Phi) is 4.38. The van der Waals surface area contributed by atoms with Crippen molar-refractivity contribution in [3.05, 3.63) is 77.9 Å². The zero-order valence-corrected chi connectivity index (χ0v) is 14.1. The minimum absolute atomic E-state index is 0.0387. The smallest absolute Gasteiger partial charge is 0.258 e. The van der Waals surface area contributed by atoms with E-state index in [0.29, 0.717) is 0 Å². The van der Waals surface area contributed by atoms with Crippen molar-refractivity contribution < 1.29 is 9.53 Å². The summed E-state index contributed by atoms with van der Waals surface area (Å²) in [5.74, 6) is 0.646. The minimum atomic E-state index is -0.0742. The van der Waals surface area contributed by atoms with Crippen LogP contribution < -0.4 is 10.1 Å². The van der Waals surface area contributed by atoms with E-state index >= 15 is 0 Å². The summed E-state index contributed by atoms with van der Waals surface area (Å²) in [6.07, 6.45) is 3.18. The molecule has 0 aliphatic heterocycles. The van der Waals surface area contributed by atoms with Crippen molar-refractivity contribution in [3.8, 4) is 5.75 Å². The van der Waals surface area contributed by atoms with E-state index in [1.54, 1.807) is 0 Å². The summed E-state index contributed by atoms with van der Waals surface area (Å²) in [6, 6.07) is 22.5. The molecule has 1 N–H and O–H groups in total. The van der Waals surface area contributed by atoms with Gasteiger partial charge in [-0.1, -0.05) is 54.6 Å². The number of fused-ring (bicyclic) bond motifs is 2. The standard InChI is InChI=1S/C22H21NO2/c24-22(23-21-11-5-9-17-7-3-4-10-20(17)21)15-25-19-13-12-16-6-1-2-8-18(16)14-19/h1-4,6-8,10,12-14,21H,5,9,11,15H2,(H,23,24)/t21-/m0/s1. The third-order valence-corrected chi connectivity index (χ3v) is 4.80. The summed E-state index contributed by atoms with van der Waals surface area (Å²) in [6.45, 7) is 0.0387. The molecule has 1 aliphatic carbocycles. The average Bonchev–Trinajstić information content (AvgIpc) is 2.66. The van der Waals surface area contributed by atoms with Gasteiger partial charge in [0.25, 0.3) is 5.91 Å². The molecule has 0 aromatic heterocycles. The third kappa shape index (κ3) is 3.50. The Balaban J connectivity index is 1.39. The van der Waals surface area contributed by atoms with Crippen molar-refractivity contribution >= 4 is 16.7 Å². The molecule has 0 radical (unpaired) electrons. The highest BCUT2D eigenvalue weighted by Gasteiger charge is 2.21. The maximum absolute atomic E-state index is 12.3. The lowest BCUT2D eigenvalue weighted by Crippen LogP contribution is -2.34. The Morgan fingerprint density at radius 3 is 2.72 bits per heavy atom. The third-order valence-electron chi connectivity index (χ3n) is 4.80. The van der Waals surface area contributed by atoms with Crippen LogP contribution in [0.3, 0.4) is 0 Å². The van der Waals surface area contributed by atoms with Gasteiger partial charge in [0.15, 0.2) is 6.61 Å². The molecule has 0 saturated carbocycles. The predicted molar refractivity (Wildman–Crippen MR) is 99.7 cm³/mol. The molecule has 0 bridgehead atoms. The first-order chi connectivity index (χ1) is 12.3. The number of carbonyl (C=O) groups is 1. The minimum Gasteiger partial charge on any atom is -0.484 e. The molecule has 0 unspecified atom stereocenters. The van der Waals surface area contributed by atoms with Crippen LogP contribution >= 0.6 is 0 Å². The number of aryl methyl sites for hydroxylation is 1. The van der Waals surface area contributed by atoms with E-state index < -0.39 is 0 Å². The number of rotatable bonds is 4. The highest BCUT2D eigenvalue weighted by Crippen LogP contribution is 2.29. The van der Waals surface area contributed by atoms with Gasteiger partial charge >= 0.3 is 0 Å². The van der Waals surface area contributed by atoms with Crippen LogP contribution in [-0.4, -0.2) is 12.5 Å². The van der Waals surface area contributed by atoms with E-state index in [0.717, 1.165) is 35.8 Å².